The van der Waals surface area contributed by atoms with Crippen LogP contribution in [0.15, 0.2) is 0 Å². The van der Waals surface area contributed by atoms with E-state index in [1.807, 2.05) is 0 Å². The number of nitrogens with two attached hydrogens (primary N) is 3. The molecule has 23 N–H and O–H groups in total. The van der Waals surface area contributed by atoms with Crippen LogP contribution in [0.5, 0.6) is 0 Å². The monoisotopic (exact) mass is 1300 g/mol. The number of likely N-dealkylation sites (N-methyl/N-ethyl adjacent to an activating group) is 1. The van der Waals surface area contributed by atoms with Gasteiger partial charge in [-0.1, -0.05) is 27.7 Å². The maximum Gasteiger partial charge on any atom is 0.259 e. The van der Waals surface area contributed by atoms with Crippen molar-refractivity contribution in [3.8, 4) is 0 Å². The van der Waals surface area contributed by atoms with Gasteiger partial charge in [-0.25, -0.2) is 0 Å². The highest BCUT2D eigenvalue weighted by molar-refractivity contribution is 5.99. The molecule has 0 spiro atoms. The van der Waals surface area contributed by atoms with Gasteiger partial charge in [0.2, 0.25) is 29.5 Å². The lowest BCUT2D eigenvalue weighted by Crippen LogP contribution is -2.69. The van der Waals surface area contributed by atoms with Gasteiger partial charge in [-0.2, -0.15) is 0 Å². The zero-order chi connectivity index (χ0) is 69.7. The van der Waals surface area contributed by atoms with Gasteiger partial charge < -0.3 is 104 Å². The van der Waals surface area contributed by atoms with Crippen molar-refractivity contribution in [2.45, 2.75) is 179 Å². The Morgan fingerprint density at radius 1 is 0.374 bits per heavy atom. The van der Waals surface area contributed by atoms with E-state index in [1.54, 1.807) is 13.8 Å². The van der Waals surface area contributed by atoms with E-state index in [4.69, 9.17) is 17.2 Å². The summed E-state index contributed by atoms with van der Waals surface area (Å²) in [5, 5.41) is 39.9. The quantitative estimate of drug-likeness (QED) is 0.0199. The van der Waals surface area contributed by atoms with E-state index in [0.29, 0.717) is 25.1 Å². The van der Waals surface area contributed by atoms with Gasteiger partial charge in [0.1, 0.15) is 68.3 Å². The summed E-state index contributed by atoms with van der Waals surface area (Å²) in [6.07, 6.45) is -13.2. The lowest BCUT2D eigenvalue weighted by Gasteiger charge is -2.30. The molecule has 0 saturated heterocycles. The number of nitrogens with one attached hydrogen (secondary N) is 17. The number of amides is 12. The van der Waals surface area contributed by atoms with E-state index in [0.717, 1.165) is 6.92 Å². The van der Waals surface area contributed by atoms with E-state index >= 15 is 0 Å². The predicted octanol–water partition coefficient (Wildman–Crippen LogP) is -12.2. The second-order valence-electron chi connectivity index (χ2n) is 21.1. The van der Waals surface area contributed by atoms with Gasteiger partial charge in [-0.15, -0.1) is 0 Å². The molecule has 0 fully saturated rings. The molecule has 0 bridgehead atoms. The Morgan fingerprint density at radius 3 is 1.10 bits per heavy atom. The Bertz CT molecular complexity index is 2550. The maximum absolute atomic E-state index is 14.4. The summed E-state index contributed by atoms with van der Waals surface area (Å²) in [6, 6.07) is -10.7. The van der Waals surface area contributed by atoms with Crippen molar-refractivity contribution in [1.29, 1.82) is 0 Å². The Balaban J connectivity index is 7.39. The third-order valence-corrected chi connectivity index (χ3v) is 12.5. The van der Waals surface area contributed by atoms with Crippen LogP contribution in [0.3, 0.4) is 0 Å². The van der Waals surface area contributed by atoms with Gasteiger partial charge in [0.15, 0.2) is 37.0 Å². The van der Waals surface area contributed by atoms with Gasteiger partial charge in [0.05, 0.1) is 43.3 Å². The summed E-state index contributed by atoms with van der Waals surface area (Å²) in [6.45, 7) is 10.2. The average molecular weight is 1300 g/mol. The molecule has 0 aromatic heterocycles. The molecule has 0 aliphatic rings. The fraction of sp³-hybridized carbons (Fsp3) is 0.635. The van der Waals surface area contributed by atoms with E-state index < -0.39 is 201 Å². The van der Waals surface area contributed by atoms with E-state index in [9.17, 15) is 91.1 Å². The zero-order valence-electron chi connectivity index (χ0n) is 51.8. The number of hydrogen-bond acceptors (Lipinski definition) is 27. The van der Waals surface area contributed by atoms with Gasteiger partial charge in [0.25, 0.3) is 41.4 Å². The number of rotatable bonds is 49. The molecule has 39 heteroatoms. The minimum atomic E-state index is -2.14. The zero-order valence-corrected chi connectivity index (χ0v) is 51.8. The Hall–Kier alpha value is -8.99. The van der Waals surface area contributed by atoms with Crippen LogP contribution in [0.25, 0.3) is 0 Å². The van der Waals surface area contributed by atoms with Crippen LogP contribution in [0.4, 0.5) is 0 Å². The second-order valence-corrected chi connectivity index (χ2v) is 21.1. The topological polar surface area (TPSA) is 607 Å². The molecule has 15 atom stereocenters. The van der Waals surface area contributed by atoms with Gasteiger partial charge >= 0.3 is 0 Å². The van der Waals surface area contributed by atoms with Crippen molar-refractivity contribution < 1.29 is 91.1 Å². The Kier molecular flexibility index (Phi) is 39.3. The molecule has 91 heavy (non-hydrogen) atoms. The molecule has 39 nitrogen and oxygen atoms in total. The van der Waals surface area contributed by atoms with Crippen LogP contribution >= 0.6 is 0 Å². The maximum atomic E-state index is 14.4. The molecule has 510 valence electrons. The lowest BCUT2D eigenvalue weighted by atomic mass is 10.0. The van der Waals surface area contributed by atoms with Gasteiger partial charge in [0, 0.05) is 19.9 Å². The molecule has 0 aliphatic carbocycles. The van der Waals surface area contributed by atoms with E-state index in [1.165, 1.54) is 41.7 Å². The van der Waals surface area contributed by atoms with Crippen molar-refractivity contribution >= 4 is 115 Å². The van der Waals surface area contributed by atoms with E-state index in [-0.39, 0.29) is 37.6 Å². The predicted molar refractivity (Wildman–Crippen MR) is 316 cm³/mol. The molecule has 0 aromatic rings. The molecule has 0 heterocycles. The summed E-state index contributed by atoms with van der Waals surface area (Å²) >= 11 is 0. The van der Waals surface area contributed by atoms with Crippen LogP contribution in [0.2, 0.25) is 0 Å². The smallest absolute Gasteiger partial charge is 0.259 e. The summed E-state index contributed by atoms with van der Waals surface area (Å²) in [7, 11) is 1.32. The first-order valence-corrected chi connectivity index (χ1v) is 28.4. The molecule has 0 aliphatic heterocycles. The SMILES string of the molecule is CNC(=O)[C@H](C)NC(=O)[C@H](C)NC(=O)[C@H](NC(=O)[C@H](NC(=O)[C@H](NC(=O)[C@H](C)NC(=O)[C@@H](NCC=O)NC(=O)[C@H](NC(=O)[C@H](NC(=O)[C@@H](N)NCC=O)N[C@@H](C=O)CCC(N)=O)N[C@@H](C=O)C(C)C)N[C@@H](C=O)CCC(N)=O)N[C@@H](C=O)CC(C)C)N[C@@H](C)C=O. The standard InChI is InChI=1S/C52H88N20O19/c1-24(2)18-32(22-78)65-41(51(90)70-38(59-26(5)19-75)48(87)62-28(7)44(83)60-27(6)43(82)56-9)71-49(88)39(63-30(20-76)10-12-34(53)80)68-45(84)29(8)61-47(86)37(58-15-17-74)67-52(91)42(66-33(23-79)25(3)4)72-50(89)40(64-31(21-77)11-13-35(54)81)69-46(85)36(55)57-14-16-73/h16-17,19-33,36-42,57-59,63-66H,10-15,18,55H2,1-9H3,(H2,53,80)(H2,54,81)(H,56,82)(H,60,83)(H,61,86)(H,62,87)(H,67,91)(H,68,84)(H,69,85)(H,70,90)(H,71,88)(H,72,89)/t26-,27-,28-,29-,30+,31+,32+,33-,36-,37-,38-,39-,40-,41-,42-/m0/s1. The third-order valence-electron chi connectivity index (χ3n) is 12.5. The van der Waals surface area contributed by atoms with Crippen LogP contribution < -0.4 is 108 Å². The first-order valence-electron chi connectivity index (χ1n) is 28.4. The summed E-state index contributed by atoms with van der Waals surface area (Å²) in [4.78, 5) is 243. The summed E-state index contributed by atoms with van der Waals surface area (Å²) in [5.74, 6) is -14.3. The molecule has 0 rings (SSSR count). The Labute approximate surface area is 523 Å². The second kappa shape index (κ2) is 43.6. The minimum absolute atomic E-state index is 0.0245. The molecule has 0 radical (unpaired) electrons. The largest absolute Gasteiger partial charge is 0.370 e. The third kappa shape index (κ3) is 32.4. The lowest BCUT2D eigenvalue weighted by molar-refractivity contribution is -0.137. The fourth-order valence-electron chi connectivity index (χ4n) is 7.48. The highest BCUT2D eigenvalue weighted by Crippen LogP contribution is 2.06. The number of carbonyl (C=O) groups excluding carboxylic acids is 19. The molecule has 0 saturated carbocycles. The van der Waals surface area contributed by atoms with Crippen molar-refractivity contribution in [2.24, 2.45) is 29.0 Å². The van der Waals surface area contributed by atoms with Crippen molar-refractivity contribution in [3.05, 3.63) is 0 Å². The van der Waals surface area contributed by atoms with Crippen molar-refractivity contribution in [3.63, 3.8) is 0 Å². The van der Waals surface area contributed by atoms with Crippen LogP contribution in [0.1, 0.15) is 87.5 Å². The molecule has 12 amide bonds. The molecular weight excluding hydrogens is 1210 g/mol. The van der Waals surface area contributed by atoms with Crippen molar-refractivity contribution in [2.75, 3.05) is 20.1 Å². The first-order chi connectivity index (χ1) is 42.7. The average Bonchev–Trinajstić information content (AvgIpc) is 1.03. The minimum Gasteiger partial charge on any atom is -0.370 e. The van der Waals surface area contributed by atoms with Crippen LogP contribution in [-0.4, -0.2) is 227 Å². The molecule has 0 unspecified atom stereocenters. The van der Waals surface area contributed by atoms with Crippen LogP contribution in [-0.2, 0) is 91.1 Å². The van der Waals surface area contributed by atoms with E-state index in [2.05, 4.69) is 90.4 Å². The molecule has 0 aromatic carbocycles. The number of carbonyl (C=O) groups is 19. The number of primary amides is 2. The highest BCUT2D eigenvalue weighted by Gasteiger charge is 2.37. The fourth-order valence-corrected chi connectivity index (χ4v) is 7.48. The Morgan fingerprint density at radius 2 is 0.714 bits per heavy atom. The van der Waals surface area contributed by atoms with Gasteiger partial charge in [-0.05, 0) is 58.8 Å². The van der Waals surface area contributed by atoms with Gasteiger partial charge in [-0.3, -0.25) is 94.8 Å². The van der Waals surface area contributed by atoms with Crippen LogP contribution in [0, 0.1) is 11.8 Å². The molecular formula is C52H88N20O19. The normalized spacial score (nSPS) is 16.0. The number of aldehydes is 7. The number of hydrogen-bond donors (Lipinski definition) is 20. The van der Waals surface area contributed by atoms with Crippen molar-refractivity contribution in [1.82, 2.24) is 90.4 Å². The summed E-state index contributed by atoms with van der Waals surface area (Å²) < 4.78 is 0. The summed E-state index contributed by atoms with van der Waals surface area (Å²) in [5.41, 5.74) is 16.3. The highest BCUT2D eigenvalue weighted by atomic mass is 16.2. The first kappa shape index (κ1) is 82.0.